The summed E-state index contributed by atoms with van der Waals surface area (Å²) in [4.78, 5) is 5.33. The molecule has 0 saturated carbocycles. The smallest absolute Gasteiger partial charge is 0.0737 e. The van der Waals surface area contributed by atoms with Crippen molar-refractivity contribution in [2.75, 3.05) is 0 Å². The molecule has 17 heavy (non-hydrogen) atoms. The van der Waals surface area contributed by atoms with Gasteiger partial charge in [-0.25, -0.2) is 0 Å². The summed E-state index contributed by atoms with van der Waals surface area (Å²) in [5.41, 5.74) is 4.51. The summed E-state index contributed by atoms with van der Waals surface area (Å²) in [6, 6.07) is 6.16. The zero-order valence-electron chi connectivity index (χ0n) is 9.34. The second-order valence-corrected chi connectivity index (χ2v) is 4.96. The molecule has 0 unspecified atom stereocenters. The number of hydrogen-bond acceptors (Lipinski definition) is 3. The maximum absolute atomic E-state index is 4.14. The van der Waals surface area contributed by atoms with Crippen LogP contribution in [0, 0.1) is 6.92 Å². The molecule has 0 aliphatic carbocycles. The summed E-state index contributed by atoms with van der Waals surface area (Å²) in [6.07, 6.45) is 5.45. The normalized spacial score (nSPS) is 10.6. The van der Waals surface area contributed by atoms with Gasteiger partial charge in [0, 0.05) is 33.8 Å². The van der Waals surface area contributed by atoms with Crippen molar-refractivity contribution in [3.63, 3.8) is 0 Å². The van der Waals surface area contributed by atoms with Crippen LogP contribution < -0.4 is 0 Å². The highest BCUT2D eigenvalue weighted by Gasteiger charge is 2.10. The average molecular weight is 241 g/mol. The summed E-state index contributed by atoms with van der Waals surface area (Å²) >= 11 is 1.75. The number of H-pyrrole nitrogens is 1. The fourth-order valence-electron chi connectivity index (χ4n) is 1.83. The van der Waals surface area contributed by atoms with Crippen LogP contribution in [0.25, 0.3) is 22.4 Å². The minimum atomic E-state index is 1.07. The molecular weight excluding hydrogens is 230 g/mol. The van der Waals surface area contributed by atoms with Crippen LogP contribution in [0.2, 0.25) is 0 Å². The Balaban J connectivity index is 2.12. The van der Waals surface area contributed by atoms with Gasteiger partial charge in [-0.05, 0) is 30.7 Å². The van der Waals surface area contributed by atoms with Crippen LogP contribution in [0.5, 0.6) is 0 Å². The number of nitrogens with one attached hydrogen (secondary N) is 1. The molecule has 3 heterocycles. The number of rotatable bonds is 2. The van der Waals surface area contributed by atoms with Crippen molar-refractivity contribution in [3.05, 3.63) is 47.0 Å². The van der Waals surface area contributed by atoms with E-state index in [2.05, 4.69) is 33.6 Å². The largest absolute Gasteiger partial charge is 0.277 e. The van der Waals surface area contributed by atoms with Gasteiger partial charge in [0.25, 0.3) is 0 Å². The first-order valence-corrected chi connectivity index (χ1v) is 6.22. The number of aryl methyl sites for hydroxylation is 1. The number of aromatic nitrogens is 3. The molecule has 0 aromatic carbocycles. The summed E-state index contributed by atoms with van der Waals surface area (Å²) in [5.74, 6) is 0. The standard InChI is InChI=1S/C13H11N3S/c1-9-6-11(8-17-9)13-12(7-15-16-13)10-2-4-14-5-3-10/h2-8H,1H3,(H,15,16). The van der Waals surface area contributed by atoms with E-state index in [1.165, 1.54) is 10.4 Å². The van der Waals surface area contributed by atoms with Gasteiger partial charge >= 0.3 is 0 Å². The molecular formula is C13H11N3S. The number of pyridine rings is 1. The van der Waals surface area contributed by atoms with Crippen LogP contribution in [0.1, 0.15) is 4.88 Å². The van der Waals surface area contributed by atoms with E-state index in [9.17, 15) is 0 Å². The monoisotopic (exact) mass is 241 g/mol. The molecule has 0 aliphatic rings. The highest BCUT2D eigenvalue weighted by Crippen LogP contribution is 2.32. The molecule has 1 N–H and O–H groups in total. The van der Waals surface area contributed by atoms with E-state index in [0.29, 0.717) is 0 Å². The van der Waals surface area contributed by atoms with Gasteiger partial charge in [0.05, 0.1) is 11.9 Å². The molecule has 0 amide bonds. The lowest BCUT2D eigenvalue weighted by molar-refractivity contribution is 1.10. The Kier molecular flexibility index (Phi) is 2.49. The molecule has 0 atom stereocenters. The quantitative estimate of drug-likeness (QED) is 0.746. The lowest BCUT2D eigenvalue weighted by Gasteiger charge is -2.00. The van der Waals surface area contributed by atoms with E-state index in [1.807, 2.05) is 18.3 Å². The van der Waals surface area contributed by atoms with Crippen LogP contribution in [0.15, 0.2) is 42.2 Å². The Morgan fingerprint density at radius 1 is 1.18 bits per heavy atom. The number of thiophene rings is 1. The molecule has 3 aromatic rings. The molecule has 3 nitrogen and oxygen atoms in total. The van der Waals surface area contributed by atoms with Gasteiger partial charge in [0.2, 0.25) is 0 Å². The first-order valence-electron chi connectivity index (χ1n) is 5.34. The number of aromatic amines is 1. The highest BCUT2D eigenvalue weighted by atomic mass is 32.1. The third kappa shape index (κ3) is 1.87. The minimum Gasteiger partial charge on any atom is -0.277 e. The van der Waals surface area contributed by atoms with E-state index >= 15 is 0 Å². The first kappa shape index (κ1) is 10.2. The molecule has 0 fully saturated rings. The molecule has 84 valence electrons. The van der Waals surface area contributed by atoms with Crippen molar-refractivity contribution in [1.82, 2.24) is 15.2 Å². The molecule has 0 saturated heterocycles. The van der Waals surface area contributed by atoms with Crippen molar-refractivity contribution in [2.24, 2.45) is 0 Å². The zero-order chi connectivity index (χ0) is 11.7. The van der Waals surface area contributed by atoms with Crippen molar-refractivity contribution in [1.29, 1.82) is 0 Å². The van der Waals surface area contributed by atoms with Gasteiger partial charge in [-0.3, -0.25) is 10.1 Å². The molecule has 0 spiro atoms. The topological polar surface area (TPSA) is 41.6 Å². The Hall–Kier alpha value is -1.94. The van der Waals surface area contributed by atoms with Gasteiger partial charge in [-0.2, -0.15) is 5.10 Å². The van der Waals surface area contributed by atoms with Gasteiger partial charge in [0.15, 0.2) is 0 Å². The van der Waals surface area contributed by atoms with Crippen LogP contribution >= 0.6 is 11.3 Å². The third-order valence-corrected chi connectivity index (χ3v) is 3.51. The molecule has 0 aliphatic heterocycles. The fraction of sp³-hybridized carbons (Fsp3) is 0.0769. The molecule has 0 bridgehead atoms. The van der Waals surface area contributed by atoms with Crippen LogP contribution in [0.4, 0.5) is 0 Å². The van der Waals surface area contributed by atoms with Gasteiger partial charge in [-0.15, -0.1) is 11.3 Å². The van der Waals surface area contributed by atoms with Gasteiger partial charge in [0.1, 0.15) is 0 Å². The minimum absolute atomic E-state index is 1.07. The van der Waals surface area contributed by atoms with Gasteiger partial charge in [-0.1, -0.05) is 0 Å². The maximum Gasteiger partial charge on any atom is 0.0737 e. The zero-order valence-corrected chi connectivity index (χ0v) is 10.2. The van der Waals surface area contributed by atoms with Crippen molar-refractivity contribution < 1.29 is 0 Å². The van der Waals surface area contributed by atoms with Crippen LogP contribution in [0.3, 0.4) is 0 Å². The van der Waals surface area contributed by atoms with Crippen molar-refractivity contribution in [2.45, 2.75) is 6.92 Å². The Labute approximate surface area is 103 Å². The Morgan fingerprint density at radius 2 is 2.00 bits per heavy atom. The second kappa shape index (κ2) is 4.14. The lowest BCUT2D eigenvalue weighted by atomic mass is 10.0. The SMILES string of the molecule is Cc1cc(-c2[nH]ncc2-c2ccncc2)cs1. The Bertz CT molecular complexity index is 625. The van der Waals surface area contributed by atoms with E-state index in [-0.39, 0.29) is 0 Å². The van der Waals surface area contributed by atoms with E-state index < -0.39 is 0 Å². The van der Waals surface area contributed by atoms with Gasteiger partial charge < -0.3 is 0 Å². The summed E-state index contributed by atoms with van der Waals surface area (Å²) in [7, 11) is 0. The fourth-order valence-corrected chi connectivity index (χ4v) is 2.52. The summed E-state index contributed by atoms with van der Waals surface area (Å²) in [5, 5.41) is 9.36. The highest BCUT2D eigenvalue weighted by molar-refractivity contribution is 7.10. The van der Waals surface area contributed by atoms with Crippen LogP contribution in [-0.2, 0) is 0 Å². The Morgan fingerprint density at radius 3 is 2.71 bits per heavy atom. The van der Waals surface area contributed by atoms with E-state index in [1.54, 1.807) is 23.7 Å². The molecule has 0 radical (unpaired) electrons. The second-order valence-electron chi connectivity index (χ2n) is 3.84. The van der Waals surface area contributed by atoms with Crippen LogP contribution in [-0.4, -0.2) is 15.2 Å². The molecule has 3 aromatic heterocycles. The van der Waals surface area contributed by atoms with E-state index in [4.69, 9.17) is 0 Å². The average Bonchev–Trinajstić information content (AvgIpc) is 2.98. The summed E-state index contributed by atoms with van der Waals surface area (Å²) in [6.45, 7) is 2.11. The predicted molar refractivity (Wildman–Crippen MR) is 69.9 cm³/mol. The third-order valence-electron chi connectivity index (χ3n) is 2.65. The molecule has 3 rings (SSSR count). The predicted octanol–water partition coefficient (Wildman–Crippen LogP) is 3.51. The lowest BCUT2D eigenvalue weighted by Crippen LogP contribution is -1.80. The maximum atomic E-state index is 4.14. The summed E-state index contributed by atoms with van der Waals surface area (Å²) < 4.78 is 0. The number of nitrogens with zero attached hydrogens (tertiary/aromatic N) is 2. The number of hydrogen-bond donors (Lipinski definition) is 1. The van der Waals surface area contributed by atoms with E-state index in [0.717, 1.165) is 16.8 Å². The van der Waals surface area contributed by atoms with Crippen molar-refractivity contribution in [3.8, 4) is 22.4 Å². The van der Waals surface area contributed by atoms with Crippen molar-refractivity contribution >= 4 is 11.3 Å². The molecule has 4 heteroatoms. The first-order chi connectivity index (χ1) is 8.34.